The molecule has 0 saturated heterocycles. The number of methoxy groups -OCH3 is 2. The van der Waals surface area contributed by atoms with Gasteiger partial charge in [0, 0.05) is 33.9 Å². The van der Waals surface area contributed by atoms with Crippen molar-refractivity contribution in [1.29, 1.82) is 0 Å². The Morgan fingerprint density at radius 3 is 2.48 bits per heavy atom. The van der Waals surface area contributed by atoms with Gasteiger partial charge in [-0.05, 0) is 79.1 Å². The van der Waals surface area contributed by atoms with Crippen molar-refractivity contribution in [3.05, 3.63) is 119 Å². The molecule has 9 heteroatoms. The maximum absolute atomic E-state index is 13.6. The number of carbonyl (C=O) groups is 3. The number of para-hydroxylation sites is 1. The number of hydrogen-bond acceptors (Lipinski definition) is 6. The lowest BCUT2D eigenvalue weighted by atomic mass is 10.0. The highest BCUT2D eigenvalue weighted by atomic mass is 32.2. The van der Waals surface area contributed by atoms with Crippen molar-refractivity contribution in [2.75, 3.05) is 36.7 Å². The number of benzene rings is 4. The molecule has 224 valence electrons. The van der Waals surface area contributed by atoms with Gasteiger partial charge < -0.3 is 25.0 Å². The number of hydrogen-bond donors (Lipinski definition) is 2. The minimum absolute atomic E-state index is 0.0161. The number of fused-ring (bicyclic) bond motifs is 1. The second-order valence-corrected chi connectivity index (χ2v) is 11.1. The number of rotatable bonds is 10. The summed E-state index contributed by atoms with van der Waals surface area (Å²) in [5.74, 6) is 0.415. The largest absolute Gasteiger partial charge is 0.497 e. The number of anilines is 2. The third-order valence-corrected chi connectivity index (χ3v) is 8.11. The number of nitrogens with zero attached hydrogens (tertiary/aromatic N) is 1. The lowest BCUT2D eigenvalue weighted by molar-refractivity contribution is -0.116. The van der Waals surface area contributed by atoms with Crippen molar-refractivity contribution in [1.82, 2.24) is 5.32 Å². The Morgan fingerprint density at radius 1 is 0.886 bits per heavy atom. The molecule has 0 radical (unpaired) electrons. The third kappa shape index (κ3) is 7.48. The molecule has 44 heavy (non-hydrogen) atoms. The Bertz CT molecular complexity index is 1690. The van der Waals surface area contributed by atoms with Gasteiger partial charge in [0.25, 0.3) is 11.8 Å². The second kappa shape index (κ2) is 14.4. The van der Waals surface area contributed by atoms with E-state index in [1.165, 1.54) is 24.4 Å². The van der Waals surface area contributed by atoms with Crippen LogP contribution in [0.15, 0.2) is 108 Å². The van der Waals surface area contributed by atoms with Crippen molar-refractivity contribution >= 4 is 46.9 Å². The van der Waals surface area contributed by atoms with Crippen molar-refractivity contribution in [3.63, 3.8) is 0 Å². The number of thioether (sulfide) groups is 1. The van der Waals surface area contributed by atoms with E-state index in [4.69, 9.17) is 9.47 Å². The van der Waals surface area contributed by atoms with E-state index < -0.39 is 11.8 Å². The third-order valence-electron chi connectivity index (χ3n) is 7.13. The van der Waals surface area contributed by atoms with E-state index in [0.717, 1.165) is 23.4 Å². The van der Waals surface area contributed by atoms with Crippen LogP contribution in [0.5, 0.6) is 11.5 Å². The summed E-state index contributed by atoms with van der Waals surface area (Å²) in [5.41, 5.74) is 3.66. The zero-order valence-electron chi connectivity index (χ0n) is 24.5. The van der Waals surface area contributed by atoms with Gasteiger partial charge in [-0.15, -0.1) is 11.8 Å². The van der Waals surface area contributed by atoms with Gasteiger partial charge in [-0.2, -0.15) is 0 Å². The summed E-state index contributed by atoms with van der Waals surface area (Å²) in [6, 6.07) is 29.1. The zero-order valence-corrected chi connectivity index (χ0v) is 25.4. The van der Waals surface area contributed by atoms with Crippen molar-refractivity contribution in [2.24, 2.45) is 0 Å². The van der Waals surface area contributed by atoms with Gasteiger partial charge in [0.05, 0.1) is 20.0 Å². The molecule has 0 spiro atoms. The van der Waals surface area contributed by atoms with E-state index in [2.05, 4.69) is 16.7 Å². The van der Waals surface area contributed by atoms with Gasteiger partial charge in [-0.3, -0.25) is 14.4 Å². The summed E-state index contributed by atoms with van der Waals surface area (Å²) in [4.78, 5) is 42.5. The van der Waals surface area contributed by atoms with Gasteiger partial charge in [-0.25, -0.2) is 0 Å². The highest BCUT2D eigenvalue weighted by molar-refractivity contribution is 8.00. The SMILES string of the molecule is COc1ccc(OC)c(/C=C(\NC(=O)c2ccccc2)C(=O)Nc2cccc(SCC(=O)N3CCCc4ccccc43)c2)c1. The molecular formula is C35H33N3O5S. The Morgan fingerprint density at radius 2 is 1.68 bits per heavy atom. The molecule has 4 aromatic carbocycles. The van der Waals surface area contributed by atoms with Gasteiger partial charge in [0.1, 0.15) is 17.2 Å². The monoisotopic (exact) mass is 607 g/mol. The Balaban J connectivity index is 1.33. The minimum Gasteiger partial charge on any atom is -0.497 e. The summed E-state index contributed by atoms with van der Waals surface area (Å²) in [6.07, 6.45) is 3.46. The second-order valence-electron chi connectivity index (χ2n) is 10.0. The van der Waals surface area contributed by atoms with E-state index in [-0.39, 0.29) is 17.4 Å². The molecule has 2 N–H and O–H groups in total. The van der Waals surface area contributed by atoms with Gasteiger partial charge >= 0.3 is 0 Å². The molecule has 1 aliphatic rings. The number of ether oxygens (including phenoxy) is 2. The molecule has 1 heterocycles. The number of nitrogens with one attached hydrogen (secondary N) is 2. The first-order valence-electron chi connectivity index (χ1n) is 14.2. The van der Waals surface area contributed by atoms with E-state index in [1.807, 2.05) is 47.4 Å². The Kier molecular flexibility index (Phi) is 9.99. The number of carbonyl (C=O) groups excluding carboxylic acids is 3. The predicted molar refractivity (Wildman–Crippen MR) is 174 cm³/mol. The summed E-state index contributed by atoms with van der Waals surface area (Å²) in [6.45, 7) is 0.703. The molecule has 0 bridgehead atoms. The molecule has 0 unspecified atom stereocenters. The van der Waals surface area contributed by atoms with Crippen LogP contribution in [0.3, 0.4) is 0 Å². The Hall–Kier alpha value is -5.02. The zero-order chi connectivity index (χ0) is 30.9. The van der Waals surface area contributed by atoms with Gasteiger partial charge in [-0.1, -0.05) is 42.5 Å². The van der Waals surface area contributed by atoms with E-state index in [0.29, 0.717) is 34.9 Å². The molecule has 0 saturated carbocycles. The standard InChI is InChI=1S/C35H33N3O5S/c1-42-28-17-18-32(43-2)26(20-28)21-30(37-34(40)25-11-4-3-5-12-25)35(41)36-27-14-8-15-29(22-27)44-23-33(39)38-19-9-13-24-10-6-7-16-31(24)38/h3-8,10-12,14-18,20-22H,9,13,19,23H2,1-2H3,(H,36,41)(H,37,40)/b30-21-. The summed E-state index contributed by atoms with van der Waals surface area (Å²) in [7, 11) is 3.07. The Labute approximate surface area is 261 Å². The fraction of sp³-hybridized carbons (Fsp3) is 0.171. The maximum Gasteiger partial charge on any atom is 0.272 e. The molecule has 0 aromatic heterocycles. The van der Waals surface area contributed by atoms with Crippen LogP contribution in [-0.2, 0) is 16.0 Å². The molecule has 0 atom stereocenters. The number of aryl methyl sites for hydroxylation is 1. The van der Waals surface area contributed by atoms with Crippen LogP contribution in [0.2, 0.25) is 0 Å². The predicted octanol–water partition coefficient (Wildman–Crippen LogP) is 6.18. The summed E-state index contributed by atoms with van der Waals surface area (Å²) in [5, 5.41) is 5.64. The topological polar surface area (TPSA) is 97.0 Å². The fourth-order valence-corrected chi connectivity index (χ4v) is 5.76. The van der Waals surface area contributed by atoms with Crippen LogP contribution in [0, 0.1) is 0 Å². The van der Waals surface area contributed by atoms with Crippen molar-refractivity contribution in [3.8, 4) is 11.5 Å². The van der Waals surface area contributed by atoms with Crippen LogP contribution >= 0.6 is 11.8 Å². The average molecular weight is 608 g/mol. The lowest BCUT2D eigenvalue weighted by Gasteiger charge is -2.29. The maximum atomic E-state index is 13.6. The highest BCUT2D eigenvalue weighted by Gasteiger charge is 2.22. The first kappa shape index (κ1) is 30.4. The molecule has 8 nitrogen and oxygen atoms in total. The van der Waals surface area contributed by atoms with E-state index in [9.17, 15) is 14.4 Å². The van der Waals surface area contributed by atoms with E-state index >= 15 is 0 Å². The molecule has 1 aliphatic heterocycles. The summed E-state index contributed by atoms with van der Waals surface area (Å²) < 4.78 is 10.8. The van der Waals surface area contributed by atoms with Gasteiger partial charge in [0.15, 0.2) is 0 Å². The van der Waals surface area contributed by atoms with Crippen LogP contribution < -0.4 is 25.0 Å². The summed E-state index contributed by atoms with van der Waals surface area (Å²) >= 11 is 1.41. The average Bonchev–Trinajstić information content (AvgIpc) is 3.07. The number of amides is 3. The van der Waals surface area contributed by atoms with Crippen LogP contribution in [0.25, 0.3) is 6.08 Å². The van der Waals surface area contributed by atoms with Crippen LogP contribution in [0.1, 0.15) is 27.9 Å². The van der Waals surface area contributed by atoms with Crippen LogP contribution in [0.4, 0.5) is 11.4 Å². The minimum atomic E-state index is -0.526. The van der Waals surface area contributed by atoms with Gasteiger partial charge in [0.2, 0.25) is 5.91 Å². The van der Waals surface area contributed by atoms with Crippen molar-refractivity contribution in [2.45, 2.75) is 17.7 Å². The molecule has 0 fully saturated rings. The molecule has 4 aromatic rings. The first-order valence-corrected chi connectivity index (χ1v) is 15.2. The van der Waals surface area contributed by atoms with Crippen molar-refractivity contribution < 1.29 is 23.9 Å². The molecule has 0 aliphatic carbocycles. The molecular weight excluding hydrogens is 574 g/mol. The molecule has 5 rings (SSSR count). The normalized spacial score (nSPS) is 12.6. The fourth-order valence-electron chi connectivity index (χ4n) is 4.93. The van der Waals surface area contributed by atoms with E-state index in [1.54, 1.807) is 61.7 Å². The molecule has 3 amide bonds. The lowest BCUT2D eigenvalue weighted by Crippen LogP contribution is -2.36. The quantitative estimate of drug-likeness (QED) is 0.165. The first-order chi connectivity index (χ1) is 21.4. The smallest absolute Gasteiger partial charge is 0.272 e. The van der Waals surface area contributed by atoms with Crippen LogP contribution in [-0.4, -0.2) is 44.2 Å². The highest BCUT2D eigenvalue weighted by Crippen LogP contribution is 2.29.